The van der Waals surface area contributed by atoms with Crippen LogP contribution in [0.1, 0.15) is 29.3 Å². The first-order valence-corrected chi connectivity index (χ1v) is 8.85. The number of nitrogens with zero attached hydrogens (tertiary/aromatic N) is 1. The van der Waals surface area contributed by atoms with Gasteiger partial charge in [-0.3, -0.25) is 10.2 Å². The molecule has 2 aromatic carbocycles. The Morgan fingerprint density at radius 3 is 2.36 bits per heavy atom. The van der Waals surface area contributed by atoms with E-state index in [1.165, 1.54) is 6.08 Å². The van der Waals surface area contributed by atoms with Gasteiger partial charge in [0.05, 0.1) is 5.56 Å². The summed E-state index contributed by atoms with van der Waals surface area (Å²) in [5.74, 6) is -0.320. The van der Waals surface area contributed by atoms with Crippen LogP contribution in [0.2, 0.25) is 0 Å². The molecular formula is C21H24N4O3. The lowest BCUT2D eigenvalue weighted by atomic mass is 10.2. The van der Waals surface area contributed by atoms with Gasteiger partial charge in [0.2, 0.25) is 5.91 Å². The topological polar surface area (TPSA) is 109 Å². The maximum Gasteiger partial charge on any atom is 0.343 e. The quantitative estimate of drug-likeness (QED) is 0.225. The standard InChI is InChI=1S/C21H24N4O3/c1-3-14-25(2)19(26)13-6-15-4-11-18(12-5-15)28-20(27)16-7-9-17(10-8-16)24-21(22)23/h4-13H,3,14H2,1-2H3,(H4,22,23,24). The first kappa shape index (κ1) is 20.7. The van der Waals surface area contributed by atoms with Crippen LogP contribution in [-0.2, 0) is 4.79 Å². The SMILES string of the molecule is CCCN(C)C(=O)C=Cc1ccc(OC(=O)c2ccc(NC(=N)N)cc2)cc1. The van der Waals surface area contributed by atoms with Crippen molar-refractivity contribution in [3.8, 4) is 5.75 Å². The minimum absolute atomic E-state index is 0.0555. The average Bonchev–Trinajstić information content (AvgIpc) is 2.67. The number of nitrogens with one attached hydrogen (secondary N) is 2. The molecule has 0 atom stereocenters. The summed E-state index contributed by atoms with van der Waals surface area (Å²) in [5, 5.41) is 9.81. The molecule has 7 heteroatoms. The second-order valence-corrected chi connectivity index (χ2v) is 6.17. The number of guanidine groups is 1. The first-order valence-electron chi connectivity index (χ1n) is 8.85. The molecule has 0 saturated heterocycles. The number of ether oxygens (including phenoxy) is 1. The van der Waals surface area contributed by atoms with Crippen LogP contribution < -0.4 is 15.8 Å². The van der Waals surface area contributed by atoms with E-state index in [1.54, 1.807) is 66.6 Å². The Labute approximate surface area is 164 Å². The maximum absolute atomic E-state index is 12.2. The van der Waals surface area contributed by atoms with Gasteiger partial charge in [0.25, 0.3) is 0 Å². The number of anilines is 1. The molecule has 0 unspecified atom stereocenters. The Morgan fingerprint density at radius 2 is 1.79 bits per heavy atom. The molecule has 2 rings (SSSR count). The van der Waals surface area contributed by atoms with Crippen molar-refractivity contribution >= 4 is 29.6 Å². The van der Waals surface area contributed by atoms with E-state index < -0.39 is 5.97 Å². The van der Waals surface area contributed by atoms with Gasteiger partial charge < -0.3 is 20.7 Å². The molecule has 28 heavy (non-hydrogen) atoms. The molecule has 146 valence electrons. The van der Waals surface area contributed by atoms with Crippen LogP contribution in [0.25, 0.3) is 6.08 Å². The number of esters is 1. The van der Waals surface area contributed by atoms with Crippen LogP contribution in [-0.4, -0.2) is 36.3 Å². The Kier molecular flexibility index (Phi) is 7.33. The molecule has 0 fully saturated rings. The largest absolute Gasteiger partial charge is 0.423 e. The molecular weight excluding hydrogens is 356 g/mol. The van der Waals surface area contributed by atoms with Crippen molar-refractivity contribution < 1.29 is 14.3 Å². The lowest BCUT2D eigenvalue weighted by Crippen LogP contribution is -2.25. The molecule has 4 N–H and O–H groups in total. The van der Waals surface area contributed by atoms with Gasteiger partial charge in [-0.1, -0.05) is 19.1 Å². The third kappa shape index (κ3) is 6.28. The van der Waals surface area contributed by atoms with Gasteiger partial charge in [-0.15, -0.1) is 0 Å². The smallest absolute Gasteiger partial charge is 0.343 e. The molecule has 0 heterocycles. The molecule has 0 spiro atoms. The van der Waals surface area contributed by atoms with E-state index in [2.05, 4.69) is 5.32 Å². The minimum atomic E-state index is -0.492. The monoisotopic (exact) mass is 380 g/mol. The summed E-state index contributed by atoms with van der Waals surface area (Å²) in [4.78, 5) is 25.8. The molecule has 7 nitrogen and oxygen atoms in total. The highest BCUT2D eigenvalue weighted by molar-refractivity contribution is 5.93. The van der Waals surface area contributed by atoms with Crippen LogP contribution in [0.4, 0.5) is 5.69 Å². The number of likely N-dealkylation sites (N-methyl/N-ethyl adjacent to an activating group) is 1. The van der Waals surface area contributed by atoms with E-state index in [9.17, 15) is 9.59 Å². The summed E-state index contributed by atoms with van der Waals surface area (Å²) in [6, 6.07) is 13.3. The number of nitrogens with two attached hydrogens (primary N) is 1. The number of amides is 1. The van der Waals surface area contributed by atoms with Crippen LogP contribution in [0.3, 0.4) is 0 Å². The van der Waals surface area contributed by atoms with Gasteiger partial charge in [-0.25, -0.2) is 4.79 Å². The number of hydrogen-bond acceptors (Lipinski definition) is 4. The third-order valence-corrected chi connectivity index (χ3v) is 3.84. The number of carbonyl (C=O) groups is 2. The zero-order valence-corrected chi connectivity index (χ0v) is 15.9. The Balaban J connectivity index is 1.95. The van der Waals surface area contributed by atoms with Crippen LogP contribution in [0, 0.1) is 5.41 Å². The van der Waals surface area contributed by atoms with Crippen molar-refractivity contribution in [2.75, 3.05) is 18.9 Å². The summed E-state index contributed by atoms with van der Waals surface area (Å²) in [6.45, 7) is 2.73. The third-order valence-electron chi connectivity index (χ3n) is 3.84. The number of rotatable bonds is 7. The highest BCUT2D eigenvalue weighted by atomic mass is 16.5. The fourth-order valence-electron chi connectivity index (χ4n) is 2.40. The molecule has 0 aliphatic heterocycles. The highest BCUT2D eigenvalue weighted by Crippen LogP contribution is 2.16. The maximum atomic E-state index is 12.2. The lowest BCUT2D eigenvalue weighted by molar-refractivity contribution is -0.124. The van der Waals surface area contributed by atoms with Crippen molar-refractivity contribution in [3.05, 3.63) is 65.7 Å². The van der Waals surface area contributed by atoms with Gasteiger partial charge in [-0.2, -0.15) is 0 Å². The summed E-state index contributed by atoms with van der Waals surface area (Å²) < 4.78 is 5.35. The molecule has 1 amide bonds. The summed E-state index contributed by atoms with van der Waals surface area (Å²) >= 11 is 0. The minimum Gasteiger partial charge on any atom is -0.423 e. The Morgan fingerprint density at radius 1 is 1.14 bits per heavy atom. The van der Waals surface area contributed by atoms with E-state index in [1.807, 2.05) is 6.92 Å². The molecule has 0 radical (unpaired) electrons. The van der Waals surface area contributed by atoms with E-state index in [0.717, 1.165) is 12.0 Å². The fraction of sp³-hybridized carbons (Fsp3) is 0.190. The van der Waals surface area contributed by atoms with E-state index in [4.69, 9.17) is 15.9 Å². The van der Waals surface area contributed by atoms with Crippen LogP contribution >= 0.6 is 0 Å². The van der Waals surface area contributed by atoms with Gasteiger partial charge in [-0.05, 0) is 54.5 Å². The molecule has 0 bridgehead atoms. The lowest BCUT2D eigenvalue weighted by Gasteiger charge is -2.12. The van der Waals surface area contributed by atoms with E-state index >= 15 is 0 Å². The van der Waals surface area contributed by atoms with Crippen LogP contribution in [0.15, 0.2) is 54.6 Å². The Bertz CT molecular complexity index is 858. The predicted molar refractivity (Wildman–Crippen MR) is 110 cm³/mol. The zero-order chi connectivity index (χ0) is 20.5. The normalized spacial score (nSPS) is 10.5. The van der Waals surface area contributed by atoms with E-state index in [0.29, 0.717) is 23.5 Å². The average molecular weight is 380 g/mol. The van der Waals surface area contributed by atoms with Crippen molar-refractivity contribution in [3.63, 3.8) is 0 Å². The molecule has 0 aliphatic carbocycles. The van der Waals surface area contributed by atoms with Crippen molar-refractivity contribution in [1.29, 1.82) is 5.41 Å². The summed E-state index contributed by atoms with van der Waals surface area (Å²) in [6.07, 6.45) is 4.15. The van der Waals surface area contributed by atoms with Gasteiger partial charge in [0.15, 0.2) is 5.96 Å². The molecule has 2 aromatic rings. The van der Waals surface area contributed by atoms with Crippen molar-refractivity contribution in [2.24, 2.45) is 5.73 Å². The second-order valence-electron chi connectivity index (χ2n) is 6.17. The van der Waals surface area contributed by atoms with Gasteiger partial charge in [0.1, 0.15) is 5.75 Å². The van der Waals surface area contributed by atoms with Gasteiger partial charge >= 0.3 is 5.97 Å². The molecule has 0 aliphatic rings. The molecule has 0 aromatic heterocycles. The zero-order valence-electron chi connectivity index (χ0n) is 15.9. The summed E-state index contributed by atoms with van der Waals surface area (Å²) in [5.41, 5.74) is 7.08. The van der Waals surface area contributed by atoms with Gasteiger partial charge in [0, 0.05) is 25.4 Å². The van der Waals surface area contributed by atoms with Crippen molar-refractivity contribution in [2.45, 2.75) is 13.3 Å². The molecule has 0 saturated carbocycles. The number of hydrogen-bond donors (Lipinski definition) is 3. The van der Waals surface area contributed by atoms with Crippen molar-refractivity contribution in [1.82, 2.24) is 4.90 Å². The Hall–Kier alpha value is -3.61. The first-order chi connectivity index (χ1) is 13.4. The summed E-state index contributed by atoms with van der Waals surface area (Å²) in [7, 11) is 1.77. The number of carbonyl (C=O) groups excluding carboxylic acids is 2. The second kappa shape index (κ2) is 9.91. The van der Waals surface area contributed by atoms with E-state index in [-0.39, 0.29) is 11.9 Å². The highest BCUT2D eigenvalue weighted by Gasteiger charge is 2.09. The van der Waals surface area contributed by atoms with Crippen LogP contribution in [0.5, 0.6) is 5.75 Å². The fourth-order valence-corrected chi connectivity index (χ4v) is 2.40. The number of benzene rings is 2. The predicted octanol–water partition coefficient (Wildman–Crippen LogP) is 3.09.